The second-order valence-corrected chi connectivity index (χ2v) is 4.69. The lowest BCUT2D eigenvalue weighted by Crippen LogP contribution is -2.42. The molecule has 0 radical (unpaired) electrons. The Morgan fingerprint density at radius 3 is 2.76 bits per heavy atom. The molecule has 0 aliphatic rings. The van der Waals surface area contributed by atoms with E-state index in [9.17, 15) is 4.79 Å². The van der Waals surface area contributed by atoms with Crippen LogP contribution in [0.3, 0.4) is 0 Å². The summed E-state index contributed by atoms with van der Waals surface area (Å²) >= 11 is 4.84. The number of hydrogen-bond donors (Lipinski definition) is 1. The fourth-order valence-electron chi connectivity index (χ4n) is 1.56. The number of hydrogen-bond acceptors (Lipinski definition) is 3. The summed E-state index contributed by atoms with van der Waals surface area (Å²) in [4.78, 5) is 14.0. The molecular formula is C12H18N2O2S. The van der Waals surface area contributed by atoms with Gasteiger partial charge in [0.1, 0.15) is 5.76 Å². The number of amides is 1. The highest BCUT2D eigenvalue weighted by atomic mass is 32.1. The summed E-state index contributed by atoms with van der Waals surface area (Å²) in [6, 6.07) is 3.77. The molecule has 1 aromatic rings. The van der Waals surface area contributed by atoms with E-state index in [1.807, 2.05) is 26.0 Å². The van der Waals surface area contributed by atoms with Crippen LogP contribution in [0.15, 0.2) is 22.8 Å². The van der Waals surface area contributed by atoms with Gasteiger partial charge in [-0.15, -0.1) is 0 Å². The van der Waals surface area contributed by atoms with Crippen molar-refractivity contribution in [3.8, 4) is 0 Å². The minimum absolute atomic E-state index is 0.0456. The van der Waals surface area contributed by atoms with Crippen LogP contribution in [0.4, 0.5) is 0 Å². The standard InChI is InChI=1S/C12H18N2O2S/c1-9(2)14(8-11(13)17)12(15)6-5-10-4-3-7-16-10/h3-4,7,9H,5-6,8H2,1-2H3,(H2,13,17). The highest BCUT2D eigenvalue weighted by Gasteiger charge is 2.17. The van der Waals surface area contributed by atoms with Gasteiger partial charge < -0.3 is 15.1 Å². The van der Waals surface area contributed by atoms with E-state index >= 15 is 0 Å². The van der Waals surface area contributed by atoms with Crippen LogP contribution in [0, 0.1) is 0 Å². The molecule has 1 amide bonds. The van der Waals surface area contributed by atoms with Gasteiger partial charge in [0.25, 0.3) is 0 Å². The van der Waals surface area contributed by atoms with E-state index in [0.29, 0.717) is 24.4 Å². The topological polar surface area (TPSA) is 59.5 Å². The maximum atomic E-state index is 12.0. The highest BCUT2D eigenvalue weighted by molar-refractivity contribution is 7.80. The van der Waals surface area contributed by atoms with E-state index in [0.717, 1.165) is 5.76 Å². The molecule has 0 saturated heterocycles. The fourth-order valence-corrected chi connectivity index (χ4v) is 1.69. The first-order chi connectivity index (χ1) is 8.00. The van der Waals surface area contributed by atoms with Crippen molar-refractivity contribution >= 4 is 23.1 Å². The lowest BCUT2D eigenvalue weighted by Gasteiger charge is -2.26. The number of thiocarbonyl (C=S) groups is 1. The smallest absolute Gasteiger partial charge is 0.223 e. The quantitative estimate of drug-likeness (QED) is 0.785. The van der Waals surface area contributed by atoms with Gasteiger partial charge in [-0.3, -0.25) is 4.79 Å². The number of furan rings is 1. The largest absolute Gasteiger partial charge is 0.469 e. The van der Waals surface area contributed by atoms with Crippen molar-refractivity contribution < 1.29 is 9.21 Å². The van der Waals surface area contributed by atoms with E-state index in [2.05, 4.69) is 0 Å². The van der Waals surface area contributed by atoms with Crippen molar-refractivity contribution in [1.82, 2.24) is 4.90 Å². The van der Waals surface area contributed by atoms with Crippen molar-refractivity contribution in [2.24, 2.45) is 5.73 Å². The molecule has 0 bridgehead atoms. The van der Waals surface area contributed by atoms with E-state index in [4.69, 9.17) is 22.4 Å². The van der Waals surface area contributed by atoms with Crippen molar-refractivity contribution in [1.29, 1.82) is 0 Å². The van der Waals surface area contributed by atoms with Crippen LogP contribution >= 0.6 is 12.2 Å². The lowest BCUT2D eigenvalue weighted by molar-refractivity contribution is -0.132. The van der Waals surface area contributed by atoms with E-state index < -0.39 is 0 Å². The Balaban J connectivity index is 2.50. The van der Waals surface area contributed by atoms with Crippen LogP contribution in [-0.2, 0) is 11.2 Å². The molecule has 94 valence electrons. The molecular weight excluding hydrogens is 236 g/mol. The zero-order valence-electron chi connectivity index (χ0n) is 10.2. The first-order valence-electron chi connectivity index (χ1n) is 5.61. The SMILES string of the molecule is CC(C)N(CC(N)=S)C(=O)CCc1ccco1. The fraction of sp³-hybridized carbons (Fsp3) is 0.500. The Hall–Kier alpha value is -1.36. The predicted molar refractivity (Wildman–Crippen MR) is 70.7 cm³/mol. The Morgan fingerprint density at radius 2 is 2.29 bits per heavy atom. The van der Waals surface area contributed by atoms with Gasteiger partial charge in [-0.05, 0) is 26.0 Å². The summed E-state index contributed by atoms with van der Waals surface area (Å²) in [6.07, 6.45) is 2.62. The third-order valence-corrected chi connectivity index (χ3v) is 2.56. The molecule has 0 aliphatic heterocycles. The molecule has 2 N–H and O–H groups in total. The Kier molecular flexibility index (Phi) is 5.15. The van der Waals surface area contributed by atoms with Gasteiger partial charge in [-0.2, -0.15) is 0 Å². The van der Waals surface area contributed by atoms with Crippen molar-refractivity contribution in [2.45, 2.75) is 32.7 Å². The van der Waals surface area contributed by atoms with E-state index in [1.54, 1.807) is 11.2 Å². The monoisotopic (exact) mass is 254 g/mol. The zero-order valence-corrected chi connectivity index (χ0v) is 11.0. The van der Waals surface area contributed by atoms with Gasteiger partial charge in [0.15, 0.2) is 0 Å². The minimum Gasteiger partial charge on any atom is -0.469 e. The van der Waals surface area contributed by atoms with Crippen LogP contribution in [0.5, 0.6) is 0 Å². The Morgan fingerprint density at radius 1 is 1.59 bits per heavy atom. The third kappa shape index (κ3) is 4.56. The van der Waals surface area contributed by atoms with Gasteiger partial charge in [0.05, 0.1) is 17.8 Å². The number of rotatable bonds is 6. The molecule has 0 fully saturated rings. The van der Waals surface area contributed by atoms with E-state index in [-0.39, 0.29) is 11.9 Å². The van der Waals surface area contributed by atoms with Crippen LogP contribution in [0.1, 0.15) is 26.0 Å². The third-order valence-electron chi connectivity index (χ3n) is 2.44. The molecule has 1 heterocycles. The first kappa shape index (κ1) is 13.7. The molecule has 0 saturated carbocycles. The second kappa shape index (κ2) is 6.39. The van der Waals surface area contributed by atoms with Gasteiger partial charge >= 0.3 is 0 Å². The molecule has 1 aromatic heterocycles. The lowest BCUT2D eigenvalue weighted by atomic mass is 10.2. The molecule has 17 heavy (non-hydrogen) atoms. The molecule has 0 aromatic carbocycles. The Labute approximate surface area is 107 Å². The number of nitrogens with two attached hydrogens (primary N) is 1. The molecule has 5 heteroatoms. The zero-order chi connectivity index (χ0) is 12.8. The molecule has 1 rings (SSSR count). The number of carbonyl (C=O) groups is 1. The van der Waals surface area contributed by atoms with Gasteiger partial charge in [-0.25, -0.2) is 0 Å². The summed E-state index contributed by atoms with van der Waals surface area (Å²) in [6.45, 7) is 4.23. The summed E-state index contributed by atoms with van der Waals surface area (Å²) in [7, 11) is 0. The average molecular weight is 254 g/mol. The molecule has 4 nitrogen and oxygen atoms in total. The highest BCUT2D eigenvalue weighted by Crippen LogP contribution is 2.07. The van der Waals surface area contributed by atoms with Crippen molar-refractivity contribution in [2.75, 3.05) is 6.54 Å². The summed E-state index contributed by atoms with van der Waals surface area (Å²) < 4.78 is 5.18. The van der Waals surface area contributed by atoms with Crippen LogP contribution in [0.25, 0.3) is 0 Å². The maximum Gasteiger partial charge on any atom is 0.223 e. The Bertz CT molecular complexity index is 374. The normalized spacial score (nSPS) is 10.5. The number of nitrogens with zero attached hydrogens (tertiary/aromatic N) is 1. The second-order valence-electron chi connectivity index (χ2n) is 4.16. The van der Waals surface area contributed by atoms with Crippen LogP contribution in [-0.4, -0.2) is 28.4 Å². The molecule has 0 atom stereocenters. The maximum absolute atomic E-state index is 12.0. The van der Waals surface area contributed by atoms with Crippen LogP contribution < -0.4 is 5.73 Å². The molecule has 0 unspecified atom stereocenters. The van der Waals surface area contributed by atoms with Gasteiger partial charge in [0.2, 0.25) is 5.91 Å². The van der Waals surface area contributed by atoms with Gasteiger partial charge in [-0.1, -0.05) is 12.2 Å². The van der Waals surface area contributed by atoms with Crippen LogP contribution in [0.2, 0.25) is 0 Å². The molecule has 0 spiro atoms. The first-order valence-corrected chi connectivity index (χ1v) is 6.01. The van der Waals surface area contributed by atoms with Crippen molar-refractivity contribution in [3.63, 3.8) is 0 Å². The molecule has 0 aliphatic carbocycles. The average Bonchev–Trinajstić information content (AvgIpc) is 2.74. The summed E-state index contributed by atoms with van der Waals surface area (Å²) in [5.41, 5.74) is 5.48. The predicted octanol–water partition coefficient (Wildman–Crippen LogP) is 1.74. The minimum atomic E-state index is 0.0456. The van der Waals surface area contributed by atoms with E-state index in [1.165, 1.54) is 0 Å². The van der Waals surface area contributed by atoms with Crippen molar-refractivity contribution in [3.05, 3.63) is 24.2 Å². The summed E-state index contributed by atoms with van der Waals surface area (Å²) in [5.74, 6) is 0.863. The number of aryl methyl sites for hydroxylation is 1. The summed E-state index contributed by atoms with van der Waals surface area (Å²) in [5, 5.41) is 0. The number of carbonyl (C=O) groups excluding carboxylic acids is 1. The van der Waals surface area contributed by atoms with Gasteiger partial charge in [0, 0.05) is 18.9 Å².